The molecule has 2 heterocycles. The topological polar surface area (TPSA) is 77.8 Å². The van der Waals surface area contributed by atoms with Crippen molar-refractivity contribution in [3.63, 3.8) is 0 Å². The Balaban J connectivity index is 1.92. The minimum Gasteiger partial charge on any atom is -0.332 e. The molecule has 1 aromatic rings. The predicted molar refractivity (Wildman–Crippen MR) is 79.1 cm³/mol. The number of rotatable bonds is 2. The van der Waals surface area contributed by atoms with Crippen molar-refractivity contribution in [3.8, 4) is 0 Å². The Morgan fingerprint density at radius 2 is 1.90 bits per heavy atom. The number of carbonyl (C=O) groups excluding carboxylic acids is 1. The molecule has 0 aromatic heterocycles. The monoisotopic (exact) mass is 329 g/mol. The van der Waals surface area contributed by atoms with E-state index >= 15 is 0 Å². The van der Waals surface area contributed by atoms with Gasteiger partial charge < -0.3 is 14.7 Å². The zero-order valence-electron chi connectivity index (χ0n) is 11.4. The fraction of sp³-hybridized carbons (Fsp3) is 0.500. The molecule has 1 unspecified atom stereocenters. The Morgan fingerprint density at radius 1 is 1.19 bits per heavy atom. The Kier molecular flexibility index (Phi) is 3.87. The van der Waals surface area contributed by atoms with Crippen LogP contribution >= 0.6 is 19.2 Å². The summed E-state index contributed by atoms with van der Waals surface area (Å²) in [7, 11) is -4.39. The molecule has 7 heteroatoms. The number of hydrogen-bond donors (Lipinski definition) is 2. The molecule has 0 bridgehead atoms. The standard InChI is InChI=1S/C14H17ClNO4P/c15-10-3-1-2-9(8-10)12-6-4-11-5-7-13(21(18,19)20)14(17)16(11)12/h1-3,8,11-13H,4-7H2,(H2,18,19,20)/t11-,12+,13?/m1/s1. The van der Waals surface area contributed by atoms with Gasteiger partial charge in [0, 0.05) is 11.1 Å². The number of nitrogens with zero attached hydrogens (tertiary/aromatic N) is 1. The zero-order chi connectivity index (χ0) is 15.2. The first-order valence-corrected chi connectivity index (χ1v) is 9.07. The van der Waals surface area contributed by atoms with Crippen LogP contribution in [-0.4, -0.2) is 32.3 Å². The first kappa shape index (κ1) is 15.0. The van der Waals surface area contributed by atoms with Gasteiger partial charge in [0.2, 0.25) is 5.91 Å². The van der Waals surface area contributed by atoms with Crippen molar-refractivity contribution >= 4 is 25.1 Å². The molecule has 3 atom stereocenters. The van der Waals surface area contributed by atoms with Crippen molar-refractivity contribution < 1.29 is 19.1 Å². The number of piperidine rings is 1. The zero-order valence-corrected chi connectivity index (χ0v) is 13.0. The molecule has 2 fully saturated rings. The quantitative estimate of drug-likeness (QED) is 0.818. The number of amides is 1. The van der Waals surface area contributed by atoms with Gasteiger partial charge in [-0.1, -0.05) is 23.7 Å². The van der Waals surface area contributed by atoms with Gasteiger partial charge in [0.05, 0.1) is 6.04 Å². The van der Waals surface area contributed by atoms with Crippen LogP contribution in [0.15, 0.2) is 24.3 Å². The third kappa shape index (κ3) is 2.76. The summed E-state index contributed by atoms with van der Waals surface area (Å²) in [6.45, 7) is 0. The van der Waals surface area contributed by atoms with E-state index < -0.39 is 19.2 Å². The number of halogens is 1. The van der Waals surface area contributed by atoms with Gasteiger partial charge in [0.1, 0.15) is 5.66 Å². The molecule has 21 heavy (non-hydrogen) atoms. The predicted octanol–water partition coefficient (Wildman–Crippen LogP) is 2.71. The summed E-state index contributed by atoms with van der Waals surface area (Å²) in [5, 5.41) is 0.604. The maximum atomic E-state index is 12.5. The maximum Gasteiger partial charge on any atom is 0.337 e. The molecule has 0 spiro atoms. The van der Waals surface area contributed by atoms with Crippen molar-refractivity contribution in [2.75, 3.05) is 0 Å². The Bertz CT molecular complexity index is 617. The van der Waals surface area contributed by atoms with Gasteiger partial charge in [0.15, 0.2) is 0 Å². The first-order chi connectivity index (χ1) is 9.88. The van der Waals surface area contributed by atoms with E-state index in [9.17, 15) is 19.1 Å². The van der Waals surface area contributed by atoms with Crippen LogP contribution in [-0.2, 0) is 9.36 Å². The lowest BCUT2D eigenvalue weighted by Crippen LogP contribution is -2.47. The smallest absolute Gasteiger partial charge is 0.332 e. The molecule has 1 aromatic carbocycles. The third-order valence-corrected chi connectivity index (χ3v) is 5.98. The molecular formula is C14H17ClNO4P. The molecule has 3 rings (SSSR count). The van der Waals surface area contributed by atoms with Crippen molar-refractivity contribution in [2.45, 2.75) is 43.4 Å². The summed E-state index contributed by atoms with van der Waals surface area (Å²) >= 11 is 6.01. The van der Waals surface area contributed by atoms with Crippen molar-refractivity contribution in [3.05, 3.63) is 34.9 Å². The summed E-state index contributed by atoms with van der Waals surface area (Å²) in [4.78, 5) is 33.0. The highest BCUT2D eigenvalue weighted by molar-refractivity contribution is 7.53. The second-order valence-electron chi connectivity index (χ2n) is 5.73. The van der Waals surface area contributed by atoms with Crippen molar-refractivity contribution in [1.29, 1.82) is 0 Å². The Hall–Kier alpha value is -0.870. The average molecular weight is 330 g/mol. The number of fused-ring (bicyclic) bond motifs is 1. The largest absolute Gasteiger partial charge is 0.337 e. The maximum absolute atomic E-state index is 12.5. The van der Waals surface area contributed by atoms with Gasteiger partial charge in [0.25, 0.3) is 0 Å². The number of carbonyl (C=O) groups is 1. The van der Waals surface area contributed by atoms with Gasteiger partial charge >= 0.3 is 7.60 Å². The van der Waals surface area contributed by atoms with Crippen LogP contribution in [0.25, 0.3) is 0 Å². The highest BCUT2D eigenvalue weighted by Crippen LogP contribution is 2.51. The number of benzene rings is 1. The van der Waals surface area contributed by atoms with E-state index in [1.165, 1.54) is 0 Å². The lowest BCUT2D eigenvalue weighted by atomic mass is 10.0. The molecule has 0 saturated carbocycles. The van der Waals surface area contributed by atoms with Crippen molar-refractivity contribution in [2.24, 2.45) is 0 Å². The van der Waals surface area contributed by atoms with Crippen LogP contribution in [0.5, 0.6) is 0 Å². The van der Waals surface area contributed by atoms with Crippen LogP contribution in [0.3, 0.4) is 0 Å². The van der Waals surface area contributed by atoms with Gasteiger partial charge in [-0.25, -0.2) is 0 Å². The fourth-order valence-corrected chi connectivity index (χ4v) is 4.60. The van der Waals surface area contributed by atoms with E-state index in [1.54, 1.807) is 11.0 Å². The van der Waals surface area contributed by atoms with Crippen LogP contribution in [0.4, 0.5) is 0 Å². The minimum atomic E-state index is -4.39. The average Bonchev–Trinajstić information content (AvgIpc) is 2.82. The number of hydrogen-bond acceptors (Lipinski definition) is 2. The second-order valence-corrected chi connectivity index (χ2v) is 7.97. The van der Waals surface area contributed by atoms with Gasteiger partial charge in [-0.2, -0.15) is 0 Å². The molecule has 114 valence electrons. The van der Waals surface area contributed by atoms with Gasteiger partial charge in [-0.3, -0.25) is 9.36 Å². The molecule has 5 nitrogen and oxygen atoms in total. The fourth-order valence-electron chi connectivity index (χ4n) is 3.50. The van der Waals surface area contributed by atoms with Gasteiger partial charge in [-0.15, -0.1) is 0 Å². The van der Waals surface area contributed by atoms with Crippen LogP contribution in [0, 0.1) is 0 Å². The van der Waals surface area contributed by atoms with Crippen molar-refractivity contribution in [1.82, 2.24) is 4.90 Å². The summed E-state index contributed by atoms with van der Waals surface area (Å²) in [5.74, 6) is -0.415. The third-order valence-electron chi connectivity index (χ3n) is 4.45. The second kappa shape index (κ2) is 5.40. The summed E-state index contributed by atoms with van der Waals surface area (Å²) in [5.41, 5.74) is -0.252. The molecule has 2 aliphatic heterocycles. The summed E-state index contributed by atoms with van der Waals surface area (Å²) in [6.07, 6.45) is 2.60. The Labute approximate surface area is 128 Å². The molecule has 1 amide bonds. The van der Waals surface area contributed by atoms with E-state index in [4.69, 9.17) is 11.6 Å². The van der Waals surface area contributed by atoms with Crippen LogP contribution in [0.1, 0.15) is 37.3 Å². The first-order valence-electron chi connectivity index (χ1n) is 7.01. The van der Waals surface area contributed by atoms with E-state index in [0.29, 0.717) is 11.4 Å². The highest BCUT2D eigenvalue weighted by Gasteiger charge is 2.49. The van der Waals surface area contributed by atoms with E-state index in [1.807, 2.05) is 18.2 Å². The molecule has 0 radical (unpaired) electrons. The summed E-state index contributed by atoms with van der Waals surface area (Å²) < 4.78 is 11.5. The normalized spacial score (nSPS) is 29.6. The molecule has 2 N–H and O–H groups in total. The van der Waals surface area contributed by atoms with Gasteiger partial charge in [-0.05, 0) is 43.4 Å². The summed E-state index contributed by atoms with van der Waals surface area (Å²) in [6, 6.07) is 7.30. The SMILES string of the molecule is O=C1C(P(=O)(O)O)CC[C@H]2CC[C@@H](c3cccc(Cl)c3)N12. The Morgan fingerprint density at radius 3 is 2.57 bits per heavy atom. The molecule has 2 saturated heterocycles. The minimum absolute atomic E-state index is 0.0873. The molecule has 0 aliphatic carbocycles. The molecule has 2 aliphatic rings. The lowest BCUT2D eigenvalue weighted by Gasteiger charge is -2.38. The lowest BCUT2D eigenvalue weighted by molar-refractivity contribution is -0.136. The highest BCUT2D eigenvalue weighted by atomic mass is 35.5. The van der Waals surface area contributed by atoms with E-state index in [0.717, 1.165) is 18.4 Å². The van der Waals surface area contributed by atoms with E-state index in [2.05, 4.69) is 0 Å². The van der Waals surface area contributed by atoms with E-state index in [-0.39, 0.29) is 18.5 Å². The van der Waals surface area contributed by atoms with Crippen LogP contribution in [0.2, 0.25) is 5.02 Å². The molecular weight excluding hydrogens is 313 g/mol. The van der Waals surface area contributed by atoms with Crippen LogP contribution < -0.4 is 0 Å².